The highest BCUT2D eigenvalue weighted by Crippen LogP contribution is 2.20. The molecular weight excluding hydrogens is 200 g/mol. The molecule has 0 aliphatic rings. The van der Waals surface area contributed by atoms with Crippen LogP contribution >= 0.6 is 11.6 Å². The first kappa shape index (κ1) is 11.0. The topological polar surface area (TPSA) is 48.1 Å². The van der Waals surface area contributed by atoms with E-state index < -0.39 is 0 Å². The summed E-state index contributed by atoms with van der Waals surface area (Å²) in [5, 5.41) is 0.596. The van der Waals surface area contributed by atoms with Crippen molar-refractivity contribution in [3.8, 4) is 5.88 Å². The Morgan fingerprint density at radius 1 is 1.64 bits per heavy atom. The van der Waals surface area contributed by atoms with Gasteiger partial charge in [-0.2, -0.15) is 0 Å². The molecule has 0 aliphatic carbocycles. The zero-order valence-corrected chi connectivity index (χ0v) is 8.79. The second kappa shape index (κ2) is 5.62. The third-order valence-corrected chi connectivity index (χ3v) is 1.88. The van der Waals surface area contributed by atoms with Crippen molar-refractivity contribution < 1.29 is 4.74 Å². The lowest BCUT2D eigenvalue weighted by molar-refractivity contribution is 0.397. The molecule has 4 heteroatoms. The predicted octanol–water partition coefficient (Wildman–Crippen LogP) is 2.11. The van der Waals surface area contributed by atoms with Crippen molar-refractivity contribution in [1.82, 2.24) is 4.98 Å². The summed E-state index contributed by atoms with van der Waals surface area (Å²) < 4.78 is 5.08. The van der Waals surface area contributed by atoms with Crippen molar-refractivity contribution in [3.05, 3.63) is 28.9 Å². The molecule has 3 nitrogen and oxygen atoms in total. The maximum absolute atomic E-state index is 5.81. The third-order valence-electron chi connectivity index (χ3n) is 1.67. The van der Waals surface area contributed by atoms with Gasteiger partial charge in [-0.15, -0.1) is 0 Å². The Balaban J connectivity index is 2.87. The highest BCUT2D eigenvalue weighted by molar-refractivity contribution is 6.30. The molecule has 0 radical (unpaired) electrons. The first-order valence-corrected chi connectivity index (χ1v) is 4.72. The number of hydrogen-bond donors (Lipinski definition) is 1. The van der Waals surface area contributed by atoms with Crippen LogP contribution < -0.4 is 10.5 Å². The number of rotatable bonds is 4. The minimum atomic E-state index is 0.572. The summed E-state index contributed by atoms with van der Waals surface area (Å²) in [6, 6.07) is 1.81. The van der Waals surface area contributed by atoms with Crippen molar-refractivity contribution in [2.75, 3.05) is 13.7 Å². The molecule has 76 valence electrons. The van der Waals surface area contributed by atoms with Gasteiger partial charge in [-0.1, -0.05) is 23.8 Å². The summed E-state index contributed by atoms with van der Waals surface area (Å²) in [5.41, 5.74) is 6.24. The monoisotopic (exact) mass is 212 g/mol. The van der Waals surface area contributed by atoms with Crippen LogP contribution in [0.25, 0.3) is 6.08 Å². The Morgan fingerprint density at radius 2 is 2.43 bits per heavy atom. The van der Waals surface area contributed by atoms with Gasteiger partial charge in [-0.05, 0) is 19.0 Å². The standard InChI is InChI=1S/C10H13ClN2O/c1-14-10-8(4-2-3-5-12)6-9(11)7-13-10/h2,4,6-7H,3,5,12H2,1H3. The average molecular weight is 213 g/mol. The Morgan fingerprint density at radius 3 is 3.07 bits per heavy atom. The van der Waals surface area contributed by atoms with Gasteiger partial charge < -0.3 is 10.5 Å². The van der Waals surface area contributed by atoms with E-state index in [0.717, 1.165) is 12.0 Å². The van der Waals surface area contributed by atoms with Crippen LogP contribution in [0.1, 0.15) is 12.0 Å². The van der Waals surface area contributed by atoms with E-state index in [1.165, 1.54) is 0 Å². The van der Waals surface area contributed by atoms with Gasteiger partial charge >= 0.3 is 0 Å². The average Bonchev–Trinajstić information content (AvgIpc) is 2.19. The summed E-state index contributed by atoms with van der Waals surface area (Å²) in [6.45, 7) is 0.632. The van der Waals surface area contributed by atoms with Gasteiger partial charge in [-0.3, -0.25) is 0 Å². The molecule has 0 saturated carbocycles. The van der Waals surface area contributed by atoms with Gasteiger partial charge in [0.1, 0.15) is 0 Å². The van der Waals surface area contributed by atoms with E-state index in [9.17, 15) is 0 Å². The van der Waals surface area contributed by atoms with E-state index in [2.05, 4.69) is 4.98 Å². The van der Waals surface area contributed by atoms with Crippen LogP contribution in [0, 0.1) is 0 Å². The van der Waals surface area contributed by atoms with E-state index in [4.69, 9.17) is 22.1 Å². The molecule has 0 saturated heterocycles. The fourth-order valence-electron chi connectivity index (χ4n) is 1.04. The number of ether oxygens (including phenoxy) is 1. The van der Waals surface area contributed by atoms with Gasteiger partial charge in [-0.25, -0.2) is 4.98 Å². The van der Waals surface area contributed by atoms with Crippen molar-refractivity contribution in [2.24, 2.45) is 5.73 Å². The lowest BCUT2D eigenvalue weighted by atomic mass is 10.2. The molecule has 1 rings (SSSR count). The second-order valence-electron chi connectivity index (χ2n) is 2.73. The largest absolute Gasteiger partial charge is 0.481 e. The first-order valence-electron chi connectivity index (χ1n) is 4.34. The van der Waals surface area contributed by atoms with Gasteiger partial charge in [0.25, 0.3) is 0 Å². The molecule has 0 unspecified atom stereocenters. The Kier molecular flexibility index (Phi) is 4.43. The molecule has 1 aromatic heterocycles. The molecule has 0 aliphatic heterocycles. The highest BCUT2D eigenvalue weighted by atomic mass is 35.5. The van der Waals surface area contributed by atoms with Gasteiger partial charge in [0.15, 0.2) is 0 Å². The zero-order chi connectivity index (χ0) is 10.4. The maximum atomic E-state index is 5.81. The minimum absolute atomic E-state index is 0.572. The fraction of sp³-hybridized carbons (Fsp3) is 0.300. The van der Waals surface area contributed by atoms with E-state index in [1.54, 1.807) is 19.4 Å². The maximum Gasteiger partial charge on any atom is 0.220 e. The van der Waals surface area contributed by atoms with Crippen molar-refractivity contribution in [2.45, 2.75) is 6.42 Å². The van der Waals surface area contributed by atoms with Crippen LogP contribution in [0.15, 0.2) is 18.3 Å². The smallest absolute Gasteiger partial charge is 0.220 e. The van der Waals surface area contributed by atoms with Crippen LogP contribution in [0.5, 0.6) is 5.88 Å². The molecule has 0 atom stereocenters. The lowest BCUT2D eigenvalue weighted by Gasteiger charge is -2.02. The van der Waals surface area contributed by atoms with E-state index in [-0.39, 0.29) is 0 Å². The van der Waals surface area contributed by atoms with Crippen LogP contribution in [-0.4, -0.2) is 18.6 Å². The summed E-state index contributed by atoms with van der Waals surface area (Å²) in [6.07, 6.45) is 6.26. The molecule has 0 fully saturated rings. The molecule has 0 spiro atoms. The molecular formula is C10H13ClN2O. The molecule has 14 heavy (non-hydrogen) atoms. The Bertz CT molecular complexity index is 326. The second-order valence-corrected chi connectivity index (χ2v) is 3.17. The molecule has 0 bridgehead atoms. The normalized spacial score (nSPS) is 10.8. The Labute approximate surface area is 88.5 Å². The lowest BCUT2D eigenvalue weighted by Crippen LogP contribution is -1.95. The van der Waals surface area contributed by atoms with Crippen LogP contribution in [0.2, 0.25) is 5.02 Å². The zero-order valence-electron chi connectivity index (χ0n) is 8.03. The predicted molar refractivity (Wildman–Crippen MR) is 58.5 cm³/mol. The minimum Gasteiger partial charge on any atom is -0.481 e. The molecule has 1 heterocycles. The highest BCUT2D eigenvalue weighted by Gasteiger charge is 2.01. The Hall–Kier alpha value is -1.06. The summed E-state index contributed by atoms with van der Waals surface area (Å²) in [7, 11) is 1.58. The number of nitrogens with two attached hydrogens (primary N) is 1. The van der Waals surface area contributed by atoms with E-state index in [1.807, 2.05) is 12.2 Å². The molecule has 1 aromatic rings. The fourth-order valence-corrected chi connectivity index (χ4v) is 1.21. The van der Waals surface area contributed by atoms with Crippen molar-refractivity contribution >= 4 is 17.7 Å². The van der Waals surface area contributed by atoms with E-state index >= 15 is 0 Å². The first-order chi connectivity index (χ1) is 6.77. The summed E-state index contributed by atoms with van der Waals surface area (Å²) in [4.78, 5) is 4.04. The molecule has 0 amide bonds. The third kappa shape index (κ3) is 3.01. The summed E-state index contributed by atoms with van der Waals surface area (Å²) >= 11 is 5.81. The van der Waals surface area contributed by atoms with Crippen LogP contribution in [0.4, 0.5) is 0 Å². The van der Waals surface area contributed by atoms with Crippen LogP contribution in [-0.2, 0) is 0 Å². The van der Waals surface area contributed by atoms with Crippen molar-refractivity contribution in [3.63, 3.8) is 0 Å². The van der Waals surface area contributed by atoms with Crippen molar-refractivity contribution in [1.29, 1.82) is 0 Å². The SMILES string of the molecule is COc1ncc(Cl)cc1C=CCCN. The quantitative estimate of drug-likeness (QED) is 0.832. The van der Waals surface area contributed by atoms with Crippen LogP contribution in [0.3, 0.4) is 0 Å². The number of nitrogens with zero attached hydrogens (tertiary/aromatic N) is 1. The molecule has 2 N–H and O–H groups in total. The number of pyridine rings is 1. The summed E-state index contributed by atoms with van der Waals surface area (Å²) in [5.74, 6) is 0.572. The number of halogens is 1. The van der Waals surface area contributed by atoms with Gasteiger partial charge in [0.2, 0.25) is 5.88 Å². The van der Waals surface area contributed by atoms with Gasteiger partial charge in [0, 0.05) is 11.8 Å². The van der Waals surface area contributed by atoms with E-state index in [0.29, 0.717) is 17.4 Å². The number of methoxy groups -OCH3 is 1. The number of aromatic nitrogens is 1. The molecule has 0 aromatic carbocycles. The van der Waals surface area contributed by atoms with Gasteiger partial charge in [0.05, 0.1) is 12.1 Å². The number of hydrogen-bond acceptors (Lipinski definition) is 3.